The molecular formula is C20H31N3O2. The van der Waals surface area contributed by atoms with Gasteiger partial charge in [0.2, 0.25) is 5.91 Å². The molecule has 2 aliphatic rings. The number of benzene rings is 1. The van der Waals surface area contributed by atoms with Gasteiger partial charge in [0.15, 0.2) is 0 Å². The van der Waals surface area contributed by atoms with E-state index < -0.39 is 0 Å². The van der Waals surface area contributed by atoms with Crippen LogP contribution in [0.5, 0.6) is 0 Å². The summed E-state index contributed by atoms with van der Waals surface area (Å²) in [7, 11) is 0. The molecule has 0 saturated carbocycles. The summed E-state index contributed by atoms with van der Waals surface area (Å²) in [6.07, 6.45) is 2.76. The van der Waals surface area contributed by atoms with Gasteiger partial charge in [-0.25, -0.2) is 0 Å². The summed E-state index contributed by atoms with van der Waals surface area (Å²) >= 11 is 0. The van der Waals surface area contributed by atoms with Crippen LogP contribution in [0.3, 0.4) is 0 Å². The average molecular weight is 345 g/mol. The van der Waals surface area contributed by atoms with Crippen LogP contribution in [0.1, 0.15) is 39.2 Å². The second-order valence-electron chi connectivity index (χ2n) is 7.56. The summed E-state index contributed by atoms with van der Waals surface area (Å²) in [6.45, 7) is 11.8. The Morgan fingerprint density at radius 1 is 1.20 bits per heavy atom. The van der Waals surface area contributed by atoms with E-state index in [-0.39, 0.29) is 24.2 Å². The summed E-state index contributed by atoms with van der Waals surface area (Å²) in [5.74, 6) is 0.142. The first-order valence-electron chi connectivity index (χ1n) is 9.50. The second-order valence-corrected chi connectivity index (χ2v) is 7.56. The fourth-order valence-electron chi connectivity index (χ4n) is 4.00. The first-order valence-corrected chi connectivity index (χ1v) is 9.50. The molecule has 2 saturated heterocycles. The largest absolute Gasteiger partial charge is 0.374 e. The van der Waals surface area contributed by atoms with Crippen LogP contribution >= 0.6 is 0 Å². The minimum Gasteiger partial charge on any atom is -0.374 e. The van der Waals surface area contributed by atoms with E-state index in [4.69, 9.17) is 4.74 Å². The van der Waals surface area contributed by atoms with Crippen LogP contribution in [-0.4, -0.2) is 55.2 Å². The van der Waals surface area contributed by atoms with Gasteiger partial charge in [-0.3, -0.25) is 4.79 Å². The third kappa shape index (κ3) is 4.27. The molecule has 2 fully saturated rings. The lowest BCUT2D eigenvalue weighted by atomic mass is 10.1. The molecule has 0 aliphatic carbocycles. The Labute approximate surface area is 151 Å². The maximum absolute atomic E-state index is 12.8. The molecule has 1 N–H and O–H groups in total. The Morgan fingerprint density at radius 3 is 2.44 bits per heavy atom. The van der Waals surface area contributed by atoms with E-state index in [0.717, 1.165) is 18.8 Å². The number of hydrogen-bond donors (Lipinski definition) is 1. The number of morpholine rings is 1. The van der Waals surface area contributed by atoms with Crippen molar-refractivity contribution >= 4 is 17.3 Å². The minimum atomic E-state index is -0.241. The normalized spacial score (nSPS) is 25.1. The molecule has 0 unspecified atom stereocenters. The Bertz CT molecular complexity index is 603. The zero-order valence-electron chi connectivity index (χ0n) is 15.9. The quantitative estimate of drug-likeness (QED) is 0.911. The Kier molecular flexibility index (Phi) is 5.52. The number of ether oxygens (including phenoxy) is 1. The van der Waals surface area contributed by atoms with E-state index in [1.54, 1.807) is 0 Å². The molecule has 1 aromatic rings. The van der Waals surface area contributed by atoms with Gasteiger partial charge >= 0.3 is 0 Å². The van der Waals surface area contributed by atoms with Crippen molar-refractivity contribution in [2.24, 2.45) is 0 Å². The van der Waals surface area contributed by atoms with Crippen molar-refractivity contribution in [3.63, 3.8) is 0 Å². The van der Waals surface area contributed by atoms with Gasteiger partial charge in [-0.1, -0.05) is 0 Å². The number of aryl methyl sites for hydroxylation is 1. The van der Waals surface area contributed by atoms with Crippen LogP contribution in [0, 0.1) is 6.92 Å². The molecule has 5 nitrogen and oxygen atoms in total. The van der Waals surface area contributed by atoms with Crippen LogP contribution in [0.25, 0.3) is 0 Å². The Morgan fingerprint density at radius 2 is 1.84 bits per heavy atom. The molecule has 0 bridgehead atoms. The number of rotatable bonds is 4. The fourth-order valence-corrected chi connectivity index (χ4v) is 4.00. The monoisotopic (exact) mass is 345 g/mol. The summed E-state index contributed by atoms with van der Waals surface area (Å²) in [6, 6.07) is 6.19. The molecule has 0 spiro atoms. The van der Waals surface area contributed by atoms with Crippen LogP contribution in [-0.2, 0) is 9.53 Å². The van der Waals surface area contributed by atoms with Crippen molar-refractivity contribution in [2.75, 3.05) is 36.4 Å². The first-order chi connectivity index (χ1) is 11.9. The van der Waals surface area contributed by atoms with E-state index >= 15 is 0 Å². The number of carbonyl (C=O) groups excluding carboxylic acids is 1. The molecule has 2 heterocycles. The molecular weight excluding hydrogens is 314 g/mol. The lowest BCUT2D eigenvalue weighted by molar-refractivity contribution is -0.143. The topological polar surface area (TPSA) is 44.8 Å². The number of nitrogens with one attached hydrogen (secondary N) is 1. The van der Waals surface area contributed by atoms with Crippen LogP contribution in [0.4, 0.5) is 11.4 Å². The van der Waals surface area contributed by atoms with Gasteiger partial charge in [0.1, 0.15) is 6.04 Å². The lowest BCUT2D eigenvalue weighted by Crippen LogP contribution is -2.52. The van der Waals surface area contributed by atoms with Gasteiger partial charge in [-0.05, 0) is 64.3 Å². The van der Waals surface area contributed by atoms with Gasteiger partial charge in [0.25, 0.3) is 0 Å². The number of nitrogens with zero attached hydrogens (tertiary/aromatic N) is 2. The zero-order valence-corrected chi connectivity index (χ0v) is 15.9. The predicted molar refractivity (Wildman–Crippen MR) is 102 cm³/mol. The predicted octanol–water partition coefficient (Wildman–Crippen LogP) is 3.03. The minimum absolute atomic E-state index is 0.0990. The molecule has 5 heteroatoms. The van der Waals surface area contributed by atoms with Gasteiger partial charge < -0.3 is 19.9 Å². The van der Waals surface area contributed by atoms with Gasteiger partial charge in [-0.2, -0.15) is 0 Å². The fraction of sp³-hybridized carbons (Fsp3) is 0.650. The molecule has 0 aromatic heterocycles. The van der Waals surface area contributed by atoms with E-state index in [1.807, 2.05) is 25.7 Å². The third-order valence-corrected chi connectivity index (χ3v) is 5.13. The lowest BCUT2D eigenvalue weighted by Gasteiger charge is -2.36. The molecule has 2 aliphatic heterocycles. The maximum atomic E-state index is 12.8. The molecule has 3 atom stereocenters. The van der Waals surface area contributed by atoms with Crippen molar-refractivity contribution < 1.29 is 9.53 Å². The molecule has 0 radical (unpaired) electrons. The molecule has 1 amide bonds. The van der Waals surface area contributed by atoms with Crippen LogP contribution in [0.2, 0.25) is 0 Å². The summed E-state index contributed by atoms with van der Waals surface area (Å²) in [5, 5.41) is 3.38. The highest BCUT2D eigenvalue weighted by Crippen LogP contribution is 2.27. The van der Waals surface area contributed by atoms with Crippen LogP contribution < -0.4 is 10.2 Å². The summed E-state index contributed by atoms with van der Waals surface area (Å²) in [5.41, 5.74) is 3.59. The van der Waals surface area contributed by atoms with Gasteiger partial charge in [-0.15, -0.1) is 0 Å². The SMILES string of the molecule is Cc1cc(N[C@H](C)C(=O)N2C[C@H](C)O[C@@H](C)C2)ccc1N1CCCC1. The first kappa shape index (κ1) is 18.1. The second kappa shape index (κ2) is 7.65. The van der Waals surface area contributed by atoms with Crippen molar-refractivity contribution in [1.29, 1.82) is 0 Å². The molecule has 25 heavy (non-hydrogen) atoms. The van der Waals surface area contributed by atoms with E-state index in [0.29, 0.717) is 13.1 Å². The highest BCUT2D eigenvalue weighted by molar-refractivity contribution is 5.84. The molecule has 138 valence electrons. The average Bonchev–Trinajstić information content (AvgIpc) is 3.07. The smallest absolute Gasteiger partial charge is 0.244 e. The van der Waals surface area contributed by atoms with Crippen LogP contribution in [0.15, 0.2) is 18.2 Å². The highest BCUT2D eigenvalue weighted by Gasteiger charge is 2.28. The van der Waals surface area contributed by atoms with Gasteiger partial charge in [0, 0.05) is 37.6 Å². The van der Waals surface area contributed by atoms with Crippen molar-refractivity contribution in [2.45, 2.75) is 58.8 Å². The van der Waals surface area contributed by atoms with Crippen molar-refractivity contribution in [3.05, 3.63) is 23.8 Å². The highest BCUT2D eigenvalue weighted by atomic mass is 16.5. The number of amides is 1. The maximum Gasteiger partial charge on any atom is 0.244 e. The third-order valence-electron chi connectivity index (χ3n) is 5.13. The van der Waals surface area contributed by atoms with Crippen molar-refractivity contribution in [1.82, 2.24) is 4.90 Å². The Balaban J connectivity index is 1.63. The summed E-state index contributed by atoms with van der Waals surface area (Å²) < 4.78 is 5.72. The number of hydrogen-bond acceptors (Lipinski definition) is 4. The van der Waals surface area contributed by atoms with Gasteiger partial charge in [0.05, 0.1) is 12.2 Å². The number of anilines is 2. The number of carbonyl (C=O) groups is 1. The van der Waals surface area contributed by atoms with Crippen molar-refractivity contribution in [3.8, 4) is 0 Å². The zero-order chi connectivity index (χ0) is 18.0. The van der Waals surface area contributed by atoms with E-state index in [2.05, 4.69) is 35.3 Å². The van der Waals surface area contributed by atoms with E-state index in [9.17, 15) is 4.79 Å². The standard InChI is InChI=1S/C20H31N3O2/c1-14-11-18(7-8-19(14)22-9-5-6-10-22)21-17(4)20(24)23-12-15(2)25-16(3)13-23/h7-8,11,15-17,21H,5-6,9-10,12-13H2,1-4H3/t15-,16-,17+/m0/s1. The van der Waals surface area contributed by atoms with E-state index in [1.165, 1.54) is 24.1 Å². The molecule has 3 rings (SSSR count). The summed E-state index contributed by atoms with van der Waals surface area (Å²) in [4.78, 5) is 17.1. The molecule has 1 aromatic carbocycles. The Hall–Kier alpha value is -1.75.